The maximum atomic E-state index is 11.7. The van der Waals surface area contributed by atoms with E-state index in [-0.39, 0.29) is 23.6 Å². The van der Waals surface area contributed by atoms with Gasteiger partial charge >= 0.3 is 0 Å². The summed E-state index contributed by atoms with van der Waals surface area (Å²) in [6, 6.07) is 6.93. The summed E-state index contributed by atoms with van der Waals surface area (Å²) in [6.07, 6.45) is 2.30. The first-order chi connectivity index (χ1) is 7.65. The lowest BCUT2D eigenvalue weighted by Gasteiger charge is -2.14. The first kappa shape index (κ1) is 11.5. The molecule has 0 saturated heterocycles. The number of alkyl halides is 1. The number of hydrogen-bond acceptors (Lipinski definition) is 2. The molecule has 2 rings (SSSR count). The van der Waals surface area contributed by atoms with Gasteiger partial charge in [0.2, 0.25) is 5.91 Å². The summed E-state index contributed by atoms with van der Waals surface area (Å²) in [6.45, 7) is 0. The van der Waals surface area contributed by atoms with E-state index in [9.17, 15) is 9.90 Å². The molecule has 1 aliphatic rings. The molecule has 3 nitrogen and oxygen atoms in total. The van der Waals surface area contributed by atoms with Gasteiger partial charge in [-0.3, -0.25) is 4.79 Å². The molecule has 86 valence electrons. The Balaban J connectivity index is 1.95. The number of halogens is 1. The van der Waals surface area contributed by atoms with E-state index < -0.39 is 0 Å². The largest absolute Gasteiger partial charge is 0.508 e. The number of amides is 1. The fraction of sp³-hybridized carbons (Fsp3) is 0.417. The van der Waals surface area contributed by atoms with Gasteiger partial charge in [0.15, 0.2) is 0 Å². The predicted molar refractivity (Wildman–Crippen MR) is 65.7 cm³/mol. The van der Waals surface area contributed by atoms with Gasteiger partial charge in [-0.2, -0.15) is 0 Å². The molecule has 0 heterocycles. The maximum absolute atomic E-state index is 11.7. The van der Waals surface area contributed by atoms with Crippen molar-refractivity contribution in [3.63, 3.8) is 0 Å². The standard InChI is InChI=1S/C12H14BrNO2/c13-8-12(5-6-12)14-11(16)7-9-3-1-2-4-10(9)15/h1-4,15H,5-8H2,(H,14,16). The SMILES string of the molecule is O=C(Cc1ccccc1O)NC1(CBr)CC1. The number of carbonyl (C=O) groups excluding carboxylic acids is 1. The summed E-state index contributed by atoms with van der Waals surface area (Å²) in [5, 5.41) is 13.3. The quantitative estimate of drug-likeness (QED) is 0.831. The first-order valence-electron chi connectivity index (χ1n) is 5.29. The van der Waals surface area contributed by atoms with Crippen molar-refractivity contribution in [2.75, 3.05) is 5.33 Å². The molecule has 16 heavy (non-hydrogen) atoms. The summed E-state index contributed by atoms with van der Waals surface area (Å²) >= 11 is 3.40. The average molecular weight is 284 g/mol. The molecule has 1 aliphatic carbocycles. The van der Waals surface area contributed by atoms with Crippen LogP contribution in [-0.4, -0.2) is 21.9 Å². The minimum atomic E-state index is -0.0292. The molecule has 0 atom stereocenters. The Labute approximate surface area is 103 Å². The third-order valence-electron chi connectivity index (χ3n) is 2.86. The average Bonchev–Trinajstić information content (AvgIpc) is 3.02. The van der Waals surface area contributed by atoms with Crippen molar-refractivity contribution in [2.24, 2.45) is 0 Å². The van der Waals surface area contributed by atoms with Crippen LogP contribution in [0.25, 0.3) is 0 Å². The third kappa shape index (κ3) is 2.55. The Morgan fingerprint density at radius 2 is 2.12 bits per heavy atom. The van der Waals surface area contributed by atoms with Crippen LogP contribution in [0.2, 0.25) is 0 Å². The molecule has 0 aromatic heterocycles. The van der Waals surface area contributed by atoms with Crippen LogP contribution in [-0.2, 0) is 11.2 Å². The van der Waals surface area contributed by atoms with Gasteiger partial charge in [0.25, 0.3) is 0 Å². The molecule has 4 heteroatoms. The Morgan fingerprint density at radius 1 is 1.44 bits per heavy atom. The van der Waals surface area contributed by atoms with E-state index in [1.165, 1.54) is 0 Å². The highest BCUT2D eigenvalue weighted by molar-refractivity contribution is 9.09. The van der Waals surface area contributed by atoms with Gasteiger partial charge in [-0.25, -0.2) is 0 Å². The summed E-state index contributed by atoms with van der Waals surface area (Å²) in [4.78, 5) is 11.7. The second-order valence-corrected chi connectivity index (χ2v) is 4.83. The Bertz CT molecular complexity index is 402. The van der Waals surface area contributed by atoms with Crippen molar-refractivity contribution in [3.05, 3.63) is 29.8 Å². The number of carbonyl (C=O) groups is 1. The molecular formula is C12H14BrNO2. The molecule has 0 spiro atoms. The highest BCUT2D eigenvalue weighted by atomic mass is 79.9. The van der Waals surface area contributed by atoms with Gasteiger partial charge < -0.3 is 10.4 Å². The molecule has 1 amide bonds. The van der Waals surface area contributed by atoms with Gasteiger partial charge in [-0.1, -0.05) is 34.1 Å². The Hall–Kier alpha value is -1.03. The highest BCUT2D eigenvalue weighted by Gasteiger charge is 2.42. The van der Waals surface area contributed by atoms with Crippen LogP contribution in [0.3, 0.4) is 0 Å². The highest BCUT2D eigenvalue weighted by Crippen LogP contribution is 2.37. The molecule has 0 bridgehead atoms. The van der Waals surface area contributed by atoms with Crippen LogP contribution in [0.15, 0.2) is 24.3 Å². The first-order valence-corrected chi connectivity index (χ1v) is 6.41. The number of para-hydroxylation sites is 1. The summed E-state index contributed by atoms with van der Waals surface area (Å²) in [7, 11) is 0. The topological polar surface area (TPSA) is 49.3 Å². The van der Waals surface area contributed by atoms with Gasteiger partial charge in [0.1, 0.15) is 5.75 Å². The van der Waals surface area contributed by atoms with E-state index in [0.29, 0.717) is 5.56 Å². The number of hydrogen-bond donors (Lipinski definition) is 2. The zero-order valence-electron chi connectivity index (χ0n) is 8.87. The number of nitrogens with one attached hydrogen (secondary N) is 1. The molecule has 1 saturated carbocycles. The van der Waals surface area contributed by atoms with E-state index in [2.05, 4.69) is 21.2 Å². The van der Waals surface area contributed by atoms with Crippen molar-refractivity contribution in [3.8, 4) is 5.75 Å². The molecule has 1 aromatic rings. The molecule has 0 unspecified atom stereocenters. The molecule has 1 fully saturated rings. The van der Waals surface area contributed by atoms with Crippen LogP contribution in [0.1, 0.15) is 18.4 Å². The monoisotopic (exact) mass is 283 g/mol. The minimum Gasteiger partial charge on any atom is -0.508 e. The van der Waals surface area contributed by atoms with Gasteiger partial charge in [0.05, 0.1) is 6.42 Å². The molecule has 2 N–H and O–H groups in total. The Morgan fingerprint density at radius 3 is 2.69 bits per heavy atom. The molecule has 1 aromatic carbocycles. The van der Waals surface area contributed by atoms with Crippen molar-refractivity contribution >= 4 is 21.8 Å². The zero-order valence-corrected chi connectivity index (χ0v) is 10.5. The fourth-order valence-corrected chi connectivity index (χ4v) is 2.32. The second kappa shape index (κ2) is 4.45. The molecular weight excluding hydrogens is 270 g/mol. The van der Waals surface area contributed by atoms with E-state index in [4.69, 9.17) is 0 Å². The summed E-state index contributed by atoms with van der Waals surface area (Å²) < 4.78 is 0. The molecule has 0 radical (unpaired) electrons. The van der Waals surface area contributed by atoms with Crippen molar-refractivity contribution < 1.29 is 9.90 Å². The van der Waals surface area contributed by atoms with Crippen LogP contribution < -0.4 is 5.32 Å². The number of rotatable bonds is 4. The van der Waals surface area contributed by atoms with Gasteiger partial charge in [0, 0.05) is 16.4 Å². The Kier molecular flexibility index (Phi) is 3.19. The van der Waals surface area contributed by atoms with Crippen LogP contribution >= 0.6 is 15.9 Å². The minimum absolute atomic E-state index is 0.0263. The maximum Gasteiger partial charge on any atom is 0.225 e. The third-order valence-corrected chi connectivity index (χ3v) is 3.93. The smallest absolute Gasteiger partial charge is 0.225 e. The van der Waals surface area contributed by atoms with Crippen LogP contribution in [0.5, 0.6) is 5.75 Å². The second-order valence-electron chi connectivity index (χ2n) is 4.27. The molecule has 0 aliphatic heterocycles. The lowest BCUT2D eigenvalue weighted by Crippen LogP contribution is -2.38. The van der Waals surface area contributed by atoms with Crippen LogP contribution in [0, 0.1) is 0 Å². The van der Waals surface area contributed by atoms with Crippen molar-refractivity contribution in [1.82, 2.24) is 5.32 Å². The predicted octanol–water partition coefficient (Wildman–Crippen LogP) is 1.98. The van der Waals surface area contributed by atoms with E-state index in [1.54, 1.807) is 18.2 Å². The van der Waals surface area contributed by atoms with Crippen molar-refractivity contribution in [2.45, 2.75) is 24.8 Å². The number of phenols is 1. The lowest BCUT2D eigenvalue weighted by atomic mass is 10.1. The van der Waals surface area contributed by atoms with E-state index in [1.807, 2.05) is 6.07 Å². The van der Waals surface area contributed by atoms with Crippen LogP contribution in [0.4, 0.5) is 0 Å². The lowest BCUT2D eigenvalue weighted by molar-refractivity contribution is -0.121. The van der Waals surface area contributed by atoms with Gasteiger partial charge in [-0.05, 0) is 18.9 Å². The fourth-order valence-electron chi connectivity index (χ4n) is 1.62. The number of phenolic OH excluding ortho intramolecular Hbond substituents is 1. The van der Waals surface area contributed by atoms with E-state index >= 15 is 0 Å². The van der Waals surface area contributed by atoms with Crippen molar-refractivity contribution in [1.29, 1.82) is 0 Å². The van der Waals surface area contributed by atoms with E-state index in [0.717, 1.165) is 18.2 Å². The zero-order chi connectivity index (χ0) is 11.6. The number of aromatic hydroxyl groups is 1. The summed E-state index contributed by atoms with van der Waals surface area (Å²) in [5.41, 5.74) is 0.645. The number of benzene rings is 1. The normalized spacial score (nSPS) is 16.8. The summed E-state index contributed by atoms with van der Waals surface area (Å²) in [5.74, 6) is 0.153. The van der Waals surface area contributed by atoms with Gasteiger partial charge in [-0.15, -0.1) is 0 Å².